The van der Waals surface area contributed by atoms with Crippen molar-refractivity contribution in [3.05, 3.63) is 0 Å². The molecule has 0 aromatic carbocycles. The zero-order valence-electron chi connectivity index (χ0n) is 7.46. The van der Waals surface area contributed by atoms with Gasteiger partial charge in [0.05, 0.1) is 6.10 Å². The van der Waals surface area contributed by atoms with Gasteiger partial charge in [0.1, 0.15) is 0 Å². The fraction of sp³-hybridized carbons (Fsp3) is 1.00. The molecular weight excluding hydrogens is 136 g/mol. The van der Waals surface area contributed by atoms with Gasteiger partial charge in [-0.1, -0.05) is 13.8 Å². The van der Waals surface area contributed by atoms with Crippen molar-refractivity contribution in [3.8, 4) is 0 Å². The molecule has 4 atom stereocenters. The summed E-state index contributed by atoms with van der Waals surface area (Å²) < 4.78 is 0. The molecule has 64 valence electrons. The number of fused-ring (bicyclic) bond motifs is 2. The molecular formula is C10H18O. The van der Waals surface area contributed by atoms with Gasteiger partial charge in [-0.05, 0) is 42.9 Å². The van der Waals surface area contributed by atoms with Crippen LogP contribution in [0.25, 0.3) is 0 Å². The van der Waals surface area contributed by atoms with Gasteiger partial charge in [-0.25, -0.2) is 0 Å². The highest BCUT2D eigenvalue weighted by Crippen LogP contribution is 2.52. The van der Waals surface area contributed by atoms with Gasteiger partial charge in [0.25, 0.3) is 0 Å². The fourth-order valence-corrected chi connectivity index (χ4v) is 3.39. The van der Waals surface area contributed by atoms with Crippen LogP contribution in [0, 0.1) is 23.7 Å². The molecule has 0 saturated heterocycles. The molecule has 4 unspecified atom stereocenters. The number of hydrogen-bond donors (Lipinski definition) is 1. The summed E-state index contributed by atoms with van der Waals surface area (Å²) in [5, 5.41) is 9.64. The third kappa shape index (κ3) is 1.01. The third-order valence-corrected chi connectivity index (χ3v) is 3.72. The van der Waals surface area contributed by atoms with Gasteiger partial charge >= 0.3 is 0 Å². The predicted molar refractivity (Wildman–Crippen MR) is 45.2 cm³/mol. The van der Waals surface area contributed by atoms with Crippen molar-refractivity contribution in [1.29, 1.82) is 0 Å². The fourth-order valence-electron chi connectivity index (χ4n) is 3.39. The lowest BCUT2D eigenvalue weighted by molar-refractivity contribution is 0.102. The summed E-state index contributed by atoms with van der Waals surface area (Å²) in [6, 6.07) is 0. The Hall–Kier alpha value is -0.0400. The lowest BCUT2D eigenvalue weighted by Gasteiger charge is -2.20. The summed E-state index contributed by atoms with van der Waals surface area (Å²) in [5.74, 6) is 3.13. The predicted octanol–water partition coefficient (Wildman–Crippen LogP) is 2.05. The topological polar surface area (TPSA) is 20.2 Å². The zero-order chi connectivity index (χ0) is 8.01. The Morgan fingerprint density at radius 1 is 1.27 bits per heavy atom. The molecule has 1 nitrogen and oxygen atoms in total. The highest BCUT2D eigenvalue weighted by atomic mass is 16.3. The zero-order valence-corrected chi connectivity index (χ0v) is 7.46. The first-order valence-electron chi connectivity index (χ1n) is 4.88. The molecule has 0 aromatic rings. The molecule has 2 aliphatic rings. The average Bonchev–Trinajstić information content (AvgIpc) is 2.41. The maximum absolute atomic E-state index is 9.64. The van der Waals surface area contributed by atoms with E-state index in [1.54, 1.807) is 0 Å². The number of rotatable bonds is 1. The third-order valence-electron chi connectivity index (χ3n) is 3.72. The lowest BCUT2D eigenvalue weighted by Crippen LogP contribution is -2.19. The van der Waals surface area contributed by atoms with Crippen LogP contribution in [0.3, 0.4) is 0 Å². The summed E-state index contributed by atoms with van der Waals surface area (Å²) in [7, 11) is 0. The molecule has 0 radical (unpaired) electrons. The molecule has 1 heteroatoms. The smallest absolute Gasteiger partial charge is 0.0574 e. The van der Waals surface area contributed by atoms with Gasteiger partial charge in [-0.2, -0.15) is 0 Å². The minimum atomic E-state index is 0.0427. The van der Waals surface area contributed by atoms with Crippen LogP contribution in [0.2, 0.25) is 0 Å². The van der Waals surface area contributed by atoms with E-state index in [0.29, 0.717) is 5.92 Å². The van der Waals surface area contributed by atoms with E-state index in [9.17, 15) is 5.11 Å². The van der Waals surface area contributed by atoms with Crippen LogP contribution in [-0.2, 0) is 0 Å². The molecule has 2 saturated carbocycles. The van der Waals surface area contributed by atoms with Crippen molar-refractivity contribution in [3.63, 3.8) is 0 Å². The van der Waals surface area contributed by atoms with Gasteiger partial charge in [0, 0.05) is 0 Å². The Bertz CT molecular complexity index is 153. The monoisotopic (exact) mass is 154 g/mol. The second kappa shape index (κ2) is 2.48. The van der Waals surface area contributed by atoms with Crippen LogP contribution >= 0.6 is 0 Å². The second-order valence-electron chi connectivity index (χ2n) is 4.63. The van der Waals surface area contributed by atoms with Gasteiger partial charge in [0.15, 0.2) is 0 Å². The van der Waals surface area contributed by atoms with Crippen molar-refractivity contribution < 1.29 is 5.11 Å². The van der Waals surface area contributed by atoms with Gasteiger partial charge in [-0.15, -0.1) is 0 Å². The normalized spacial score (nSPS) is 49.1. The molecule has 0 amide bonds. The van der Waals surface area contributed by atoms with Gasteiger partial charge in [0.2, 0.25) is 0 Å². The minimum Gasteiger partial charge on any atom is -0.393 e. The Kier molecular flexibility index (Phi) is 1.71. The van der Waals surface area contributed by atoms with Crippen molar-refractivity contribution >= 4 is 0 Å². The van der Waals surface area contributed by atoms with E-state index in [0.717, 1.165) is 24.2 Å². The lowest BCUT2D eigenvalue weighted by atomic mass is 9.86. The van der Waals surface area contributed by atoms with Crippen molar-refractivity contribution in [2.24, 2.45) is 23.7 Å². The SMILES string of the molecule is CC(C)C1C2CCC1C(O)C2. The van der Waals surface area contributed by atoms with Crippen molar-refractivity contribution in [2.75, 3.05) is 0 Å². The largest absolute Gasteiger partial charge is 0.393 e. The molecule has 11 heavy (non-hydrogen) atoms. The van der Waals surface area contributed by atoms with E-state index in [4.69, 9.17) is 0 Å². The van der Waals surface area contributed by atoms with Crippen LogP contribution < -0.4 is 0 Å². The Labute approximate surface area is 68.8 Å². The molecule has 0 aliphatic heterocycles. The van der Waals surface area contributed by atoms with E-state index >= 15 is 0 Å². The Balaban J connectivity index is 2.13. The number of aliphatic hydroxyl groups is 1. The summed E-state index contributed by atoms with van der Waals surface area (Å²) >= 11 is 0. The summed E-state index contributed by atoms with van der Waals surface area (Å²) in [6.07, 6.45) is 3.80. The highest BCUT2D eigenvalue weighted by Gasteiger charge is 2.48. The van der Waals surface area contributed by atoms with E-state index in [-0.39, 0.29) is 6.10 Å². The Morgan fingerprint density at radius 2 is 2.00 bits per heavy atom. The molecule has 2 aliphatic carbocycles. The molecule has 2 rings (SSSR count). The van der Waals surface area contributed by atoms with E-state index in [2.05, 4.69) is 13.8 Å². The van der Waals surface area contributed by atoms with Crippen molar-refractivity contribution in [2.45, 2.75) is 39.2 Å². The molecule has 2 bridgehead atoms. The molecule has 2 fully saturated rings. The highest BCUT2D eigenvalue weighted by molar-refractivity contribution is 4.97. The van der Waals surface area contributed by atoms with Crippen LogP contribution in [0.4, 0.5) is 0 Å². The van der Waals surface area contributed by atoms with Gasteiger partial charge < -0.3 is 5.11 Å². The molecule has 0 spiro atoms. The summed E-state index contributed by atoms with van der Waals surface area (Å²) in [6.45, 7) is 4.60. The van der Waals surface area contributed by atoms with Crippen LogP contribution in [0.1, 0.15) is 33.1 Å². The quantitative estimate of drug-likeness (QED) is 0.613. The van der Waals surface area contributed by atoms with Crippen LogP contribution in [0.15, 0.2) is 0 Å². The molecule has 0 heterocycles. The van der Waals surface area contributed by atoms with E-state index in [1.807, 2.05) is 0 Å². The minimum absolute atomic E-state index is 0.0427. The summed E-state index contributed by atoms with van der Waals surface area (Å²) in [5.41, 5.74) is 0. The van der Waals surface area contributed by atoms with Crippen molar-refractivity contribution in [1.82, 2.24) is 0 Å². The van der Waals surface area contributed by atoms with E-state index < -0.39 is 0 Å². The molecule has 1 N–H and O–H groups in total. The van der Waals surface area contributed by atoms with Crippen LogP contribution in [-0.4, -0.2) is 11.2 Å². The maximum atomic E-state index is 9.64. The molecule has 0 aromatic heterocycles. The first kappa shape index (κ1) is 7.60. The first-order chi connectivity index (χ1) is 5.20. The number of aliphatic hydroxyl groups excluding tert-OH is 1. The maximum Gasteiger partial charge on any atom is 0.0574 e. The first-order valence-corrected chi connectivity index (χ1v) is 4.88. The summed E-state index contributed by atoms with van der Waals surface area (Å²) in [4.78, 5) is 0. The number of hydrogen-bond acceptors (Lipinski definition) is 1. The van der Waals surface area contributed by atoms with Crippen LogP contribution in [0.5, 0.6) is 0 Å². The Morgan fingerprint density at radius 3 is 2.27 bits per heavy atom. The standard InChI is InChI=1S/C10H18O/c1-6(2)10-7-3-4-8(10)9(11)5-7/h6-11H,3-5H2,1-2H3. The average molecular weight is 154 g/mol. The van der Waals surface area contributed by atoms with E-state index in [1.165, 1.54) is 12.8 Å². The van der Waals surface area contributed by atoms with Gasteiger partial charge in [-0.3, -0.25) is 0 Å². The second-order valence-corrected chi connectivity index (χ2v) is 4.63.